The quantitative estimate of drug-likeness (QED) is 0.478. The maximum atomic E-state index is 10.2. The van der Waals surface area contributed by atoms with Crippen LogP contribution in [0.3, 0.4) is 0 Å². The van der Waals surface area contributed by atoms with Crippen LogP contribution in [0.4, 0.5) is 0 Å². The fraction of sp³-hybridized carbons (Fsp3) is 0.0556. The zero-order valence-corrected chi connectivity index (χ0v) is 14.1. The molecule has 0 unspecified atom stereocenters. The van der Waals surface area contributed by atoms with Gasteiger partial charge in [-0.1, -0.05) is 6.07 Å². The number of phenols is 2. The molecule has 6 nitrogen and oxygen atoms in total. The van der Waals surface area contributed by atoms with Crippen molar-refractivity contribution in [1.82, 2.24) is 19.7 Å². The summed E-state index contributed by atoms with van der Waals surface area (Å²) in [6.45, 7) is 1.94. The van der Waals surface area contributed by atoms with Gasteiger partial charge in [0.15, 0.2) is 10.6 Å². The monoisotopic (exact) mass is 350 g/mol. The third-order valence-electron chi connectivity index (χ3n) is 3.98. The van der Waals surface area contributed by atoms with E-state index in [1.54, 1.807) is 10.6 Å². The number of rotatable bonds is 2. The van der Waals surface area contributed by atoms with Gasteiger partial charge in [-0.2, -0.15) is 5.10 Å². The average molecular weight is 350 g/mol. The van der Waals surface area contributed by atoms with Crippen molar-refractivity contribution in [3.05, 3.63) is 59.0 Å². The van der Waals surface area contributed by atoms with E-state index in [0.717, 1.165) is 22.3 Å². The molecule has 2 aromatic heterocycles. The van der Waals surface area contributed by atoms with Gasteiger partial charge in [0, 0.05) is 17.1 Å². The molecule has 3 N–H and O–H groups in total. The Labute approximate surface area is 148 Å². The van der Waals surface area contributed by atoms with E-state index in [0.29, 0.717) is 16.2 Å². The van der Waals surface area contributed by atoms with E-state index < -0.39 is 0 Å². The average Bonchev–Trinajstić information content (AvgIpc) is 2.95. The number of phenolic OH excluding ortho intramolecular Hbond substituents is 2. The standard InChI is InChI=1S/C18H14N4O2S/c1-10-5-7-12-14(19-10)3-2-4-15(12)22-17(20-21-18(22)25)13-8-6-11(23)9-16(13)24/h2-9,23-24H,1H3,(H,21,25). The van der Waals surface area contributed by atoms with Gasteiger partial charge < -0.3 is 10.2 Å². The summed E-state index contributed by atoms with van der Waals surface area (Å²) in [5, 5.41) is 27.7. The van der Waals surface area contributed by atoms with Crippen molar-refractivity contribution in [2.24, 2.45) is 0 Å². The first-order valence-corrected chi connectivity index (χ1v) is 8.02. The minimum Gasteiger partial charge on any atom is -0.508 e. The molecule has 0 saturated carbocycles. The number of nitrogens with one attached hydrogen (secondary N) is 1. The molecular formula is C18H14N4O2S. The molecule has 0 bridgehead atoms. The van der Waals surface area contributed by atoms with Gasteiger partial charge in [0.05, 0.1) is 16.8 Å². The van der Waals surface area contributed by atoms with E-state index in [2.05, 4.69) is 15.2 Å². The van der Waals surface area contributed by atoms with Crippen LogP contribution in [0, 0.1) is 11.7 Å². The maximum absolute atomic E-state index is 10.2. The Morgan fingerprint density at radius 3 is 2.72 bits per heavy atom. The number of aromatic amines is 1. The lowest BCUT2D eigenvalue weighted by Crippen LogP contribution is -2.00. The first kappa shape index (κ1) is 15.3. The summed E-state index contributed by atoms with van der Waals surface area (Å²) in [4.78, 5) is 4.55. The summed E-state index contributed by atoms with van der Waals surface area (Å²) in [6, 6.07) is 14.0. The van der Waals surface area contributed by atoms with Gasteiger partial charge in [0.1, 0.15) is 11.5 Å². The smallest absolute Gasteiger partial charge is 0.200 e. The van der Waals surface area contributed by atoms with Crippen molar-refractivity contribution in [1.29, 1.82) is 0 Å². The van der Waals surface area contributed by atoms with Crippen LogP contribution in [0.5, 0.6) is 11.5 Å². The SMILES string of the molecule is Cc1ccc2c(-n3c(-c4ccc(O)cc4O)n[nH]c3=S)cccc2n1. The van der Waals surface area contributed by atoms with E-state index >= 15 is 0 Å². The minimum absolute atomic E-state index is 0.0215. The molecule has 4 rings (SSSR count). The highest BCUT2D eigenvalue weighted by Crippen LogP contribution is 2.33. The van der Waals surface area contributed by atoms with Gasteiger partial charge in [-0.05, 0) is 55.5 Å². The van der Waals surface area contributed by atoms with E-state index in [4.69, 9.17) is 12.2 Å². The molecule has 0 amide bonds. The van der Waals surface area contributed by atoms with Gasteiger partial charge >= 0.3 is 0 Å². The van der Waals surface area contributed by atoms with Crippen molar-refractivity contribution in [3.63, 3.8) is 0 Å². The van der Waals surface area contributed by atoms with Crippen LogP contribution in [0.15, 0.2) is 48.5 Å². The molecule has 124 valence electrons. The Morgan fingerprint density at radius 1 is 1.08 bits per heavy atom. The molecular weight excluding hydrogens is 336 g/mol. The highest BCUT2D eigenvalue weighted by Gasteiger charge is 2.16. The number of hydrogen-bond acceptors (Lipinski definition) is 5. The number of aromatic hydroxyl groups is 2. The van der Waals surface area contributed by atoms with Crippen LogP contribution in [-0.2, 0) is 0 Å². The second-order valence-corrected chi connectivity index (χ2v) is 6.07. The summed E-state index contributed by atoms with van der Waals surface area (Å²) < 4.78 is 2.15. The van der Waals surface area contributed by atoms with E-state index in [1.807, 2.05) is 37.3 Å². The molecule has 0 fully saturated rings. The third-order valence-corrected chi connectivity index (χ3v) is 4.26. The second-order valence-electron chi connectivity index (χ2n) is 5.69. The van der Waals surface area contributed by atoms with Gasteiger partial charge in [0.25, 0.3) is 0 Å². The molecule has 2 aromatic carbocycles. The van der Waals surface area contributed by atoms with Gasteiger partial charge in [-0.25, -0.2) is 0 Å². The topological polar surface area (TPSA) is 87.0 Å². The van der Waals surface area contributed by atoms with Crippen LogP contribution in [0.2, 0.25) is 0 Å². The molecule has 0 radical (unpaired) electrons. The Balaban J connectivity index is 2.02. The number of aromatic nitrogens is 4. The molecule has 4 aromatic rings. The molecule has 2 heterocycles. The first-order chi connectivity index (χ1) is 12.0. The largest absolute Gasteiger partial charge is 0.508 e. The highest BCUT2D eigenvalue weighted by atomic mass is 32.1. The number of nitrogens with zero attached hydrogens (tertiary/aromatic N) is 3. The number of aryl methyl sites for hydroxylation is 1. The maximum Gasteiger partial charge on any atom is 0.200 e. The zero-order valence-electron chi connectivity index (χ0n) is 13.3. The molecule has 0 aliphatic heterocycles. The summed E-state index contributed by atoms with van der Waals surface area (Å²) in [5.74, 6) is 0.354. The van der Waals surface area contributed by atoms with Gasteiger partial charge in [-0.3, -0.25) is 14.6 Å². The number of H-pyrrole nitrogens is 1. The van der Waals surface area contributed by atoms with E-state index in [1.165, 1.54) is 12.1 Å². The summed E-state index contributed by atoms with van der Waals surface area (Å²) in [6.07, 6.45) is 0. The molecule has 7 heteroatoms. The van der Waals surface area contributed by atoms with Crippen molar-refractivity contribution in [2.45, 2.75) is 6.92 Å². The summed E-state index contributed by atoms with van der Waals surface area (Å²) >= 11 is 5.41. The van der Waals surface area contributed by atoms with Crippen LogP contribution in [0.1, 0.15) is 5.69 Å². The van der Waals surface area contributed by atoms with Crippen molar-refractivity contribution in [3.8, 4) is 28.6 Å². The van der Waals surface area contributed by atoms with E-state index in [-0.39, 0.29) is 11.5 Å². The molecule has 0 aliphatic rings. The predicted molar refractivity (Wildman–Crippen MR) is 97.6 cm³/mol. The highest BCUT2D eigenvalue weighted by molar-refractivity contribution is 7.71. The van der Waals surface area contributed by atoms with Gasteiger partial charge in [0.2, 0.25) is 0 Å². The van der Waals surface area contributed by atoms with Crippen molar-refractivity contribution >= 4 is 23.1 Å². The summed E-state index contributed by atoms with van der Waals surface area (Å²) in [7, 11) is 0. The van der Waals surface area contributed by atoms with Crippen molar-refractivity contribution in [2.75, 3.05) is 0 Å². The lowest BCUT2D eigenvalue weighted by molar-refractivity contribution is 0.451. The van der Waals surface area contributed by atoms with Crippen LogP contribution < -0.4 is 0 Å². The van der Waals surface area contributed by atoms with Crippen LogP contribution >= 0.6 is 12.2 Å². The Morgan fingerprint density at radius 2 is 1.92 bits per heavy atom. The lowest BCUT2D eigenvalue weighted by atomic mass is 10.1. The number of hydrogen-bond donors (Lipinski definition) is 3. The first-order valence-electron chi connectivity index (χ1n) is 7.61. The molecule has 0 spiro atoms. The minimum atomic E-state index is -0.0792. The zero-order chi connectivity index (χ0) is 17.6. The Kier molecular flexibility index (Phi) is 3.51. The lowest BCUT2D eigenvalue weighted by Gasteiger charge is -2.11. The molecule has 0 atom stereocenters. The van der Waals surface area contributed by atoms with E-state index in [9.17, 15) is 10.2 Å². The van der Waals surface area contributed by atoms with Crippen LogP contribution in [-0.4, -0.2) is 30.0 Å². The normalized spacial score (nSPS) is 11.1. The summed E-state index contributed by atoms with van der Waals surface area (Å²) in [5.41, 5.74) is 3.05. The predicted octanol–water partition coefficient (Wildman–Crippen LogP) is 3.86. The van der Waals surface area contributed by atoms with Crippen LogP contribution in [0.25, 0.3) is 28.0 Å². The second kappa shape index (κ2) is 5.71. The number of fused-ring (bicyclic) bond motifs is 1. The molecule has 0 aliphatic carbocycles. The number of benzene rings is 2. The Hall–Kier alpha value is -3.19. The van der Waals surface area contributed by atoms with Crippen molar-refractivity contribution < 1.29 is 10.2 Å². The Bertz CT molecular complexity index is 1160. The van der Waals surface area contributed by atoms with Gasteiger partial charge in [-0.15, -0.1) is 0 Å². The molecule has 25 heavy (non-hydrogen) atoms. The fourth-order valence-corrected chi connectivity index (χ4v) is 3.08. The number of pyridine rings is 1. The fourth-order valence-electron chi connectivity index (χ4n) is 2.85. The third kappa shape index (κ3) is 2.54. The molecule has 0 saturated heterocycles.